The van der Waals surface area contributed by atoms with Gasteiger partial charge in [0.05, 0.1) is 5.56 Å². The first-order valence-corrected chi connectivity index (χ1v) is 11.6. The molecule has 0 saturated carbocycles. The molecule has 1 aromatic heterocycles. The highest BCUT2D eigenvalue weighted by atomic mass is 19.1. The van der Waals surface area contributed by atoms with E-state index in [1.54, 1.807) is 24.3 Å². The zero-order valence-corrected chi connectivity index (χ0v) is 20.7. The van der Waals surface area contributed by atoms with Crippen LogP contribution in [0.15, 0.2) is 79.6 Å². The standard InChI is InChI=1S/C29H29FN4O2/c1-5-26(35)34(25-11-9-23(10-12-25)29(2,3)4)27(22-15-21(17-31)18-32-19-22)28(36)33-14-13-20-7-6-8-24(30)16-20/h5-12,15-16,18-19,27H,1,13-14H2,2-4H3,(H,33,36). The Morgan fingerprint density at radius 1 is 1.17 bits per heavy atom. The Bertz CT molecular complexity index is 1290. The number of benzene rings is 2. The quantitative estimate of drug-likeness (QED) is 0.456. The highest BCUT2D eigenvalue weighted by molar-refractivity contribution is 6.06. The SMILES string of the molecule is C=CC(=O)N(c1ccc(C(C)(C)C)cc1)C(C(=O)NCCc1cccc(F)c1)c1cncc(C#N)c1. The molecule has 1 unspecified atom stereocenters. The van der Waals surface area contributed by atoms with Crippen LogP contribution in [0, 0.1) is 17.1 Å². The average molecular weight is 485 g/mol. The number of hydrogen-bond acceptors (Lipinski definition) is 4. The number of nitrogens with one attached hydrogen (secondary N) is 1. The predicted molar refractivity (Wildman–Crippen MR) is 138 cm³/mol. The normalized spacial score (nSPS) is 11.8. The Kier molecular flexibility index (Phi) is 8.34. The monoisotopic (exact) mass is 484 g/mol. The van der Waals surface area contributed by atoms with Gasteiger partial charge in [0, 0.05) is 30.2 Å². The fraction of sp³-hybridized carbons (Fsp3) is 0.241. The summed E-state index contributed by atoms with van der Waals surface area (Å²) in [5.41, 5.74) is 2.86. The number of hydrogen-bond donors (Lipinski definition) is 1. The maximum Gasteiger partial charge on any atom is 0.251 e. The van der Waals surface area contributed by atoms with Crippen molar-refractivity contribution in [1.82, 2.24) is 10.3 Å². The van der Waals surface area contributed by atoms with Gasteiger partial charge in [0.1, 0.15) is 17.9 Å². The van der Waals surface area contributed by atoms with Crippen LogP contribution in [0.4, 0.5) is 10.1 Å². The van der Waals surface area contributed by atoms with Crippen LogP contribution >= 0.6 is 0 Å². The van der Waals surface area contributed by atoms with Gasteiger partial charge in [0.25, 0.3) is 5.91 Å². The molecule has 0 aliphatic rings. The lowest BCUT2D eigenvalue weighted by molar-refractivity contribution is -0.125. The summed E-state index contributed by atoms with van der Waals surface area (Å²) < 4.78 is 13.5. The first-order valence-electron chi connectivity index (χ1n) is 11.6. The number of anilines is 1. The van der Waals surface area contributed by atoms with E-state index in [4.69, 9.17) is 0 Å². The number of nitriles is 1. The van der Waals surface area contributed by atoms with Crippen LogP contribution < -0.4 is 10.2 Å². The van der Waals surface area contributed by atoms with Crippen LogP contribution in [0.1, 0.15) is 49.1 Å². The molecule has 36 heavy (non-hydrogen) atoms. The molecule has 2 aromatic carbocycles. The van der Waals surface area contributed by atoms with Crippen molar-refractivity contribution >= 4 is 17.5 Å². The molecule has 0 aliphatic carbocycles. The molecular formula is C29H29FN4O2. The molecule has 3 rings (SSSR count). The Morgan fingerprint density at radius 2 is 1.89 bits per heavy atom. The van der Waals surface area contributed by atoms with Gasteiger partial charge in [0.15, 0.2) is 0 Å². The Hall–Kier alpha value is -4.31. The van der Waals surface area contributed by atoms with Gasteiger partial charge in [-0.15, -0.1) is 0 Å². The Morgan fingerprint density at radius 3 is 2.50 bits per heavy atom. The van der Waals surface area contributed by atoms with Gasteiger partial charge in [0.2, 0.25) is 5.91 Å². The summed E-state index contributed by atoms with van der Waals surface area (Å²) in [4.78, 5) is 32.1. The largest absolute Gasteiger partial charge is 0.354 e. The number of pyridine rings is 1. The molecule has 0 bridgehead atoms. The smallest absolute Gasteiger partial charge is 0.251 e. The molecule has 7 heteroatoms. The third-order valence-corrected chi connectivity index (χ3v) is 5.74. The lowest BCUT2D eigenvalue weighted by atomic mass is 9.87. The third kappa shape index (κ3) is 6.42. The zero-order chi connectivity index (χ0) is 26.3. The maximum absolute atomic E-state index is 13.5. The average Bonchev–Trinajstić information content (AvgIpc) is 2.86. The summed E-state index contributed by atoms with van der Waals surface area (Å²) in [6, 6.07) is 16.0. The van der Waals surface area contributed by atoms with E-state index in [0.717, 1.165) is 17.2 Å². The molecule has 6 nitrogen and oxygen atoms in total. The summed E-state index contributed by atoms with van der Waals surface area (Å²) in [5, 5.41) is 12.2. The fourth-order valence-electron chi connectivity index (χ4n) is 3.83. The predicted octanol–water partition coefficient (Wildman–Crippen LogP) is 5.01. The number of rotatable bonds is 8. The fourth-order valence-corrected chi connectivity index (χ4v) is 3.83. The van der Waals surface area contributed by atoms with Gasteiger partial charge in [-0.05, 0) is 59.4 Å². The number of halogens is 1. The number of carbonyl (C=O) groups excluding carboxylic acids is 2. The van der Waals surface area contributed by atoms with Crippen LogP contribution in [-0.2, 0) is 21.4 Å². The molecule has 184 valence electrons. The van der Waals surface area contributed by atoms with E-state index in [-0.39, 0.29) is 23.3 Å². The maximum atomic E-state index is 13.5. The molecule has 1 heterocycles. The van der Waals surface area contributed by atoms with E-state index in [9.17, 15) is 19.2 Å². The summed E-state index contributed by atoms with van der Waals surface area (Å²) in [6.45, 7) is 10.1. The molecule has 1 N–H and O–H groups in total. The second-order valence-electron chi connectivity index (χ2n) is 9.40. The number of carbonyl (C=O) groups is 2. The molecule has 2 amide bonds. The number of aromatic nitrogens is 1. The summed E-state index contributed by atoms with van der Waals surface area (Å²) in [6.07, 6.45) is 4.40. The van der Waals surface area contributed by atoms with Crippen molar-refractivity contribution in [2.24, 2.45) is 0 Å². The Labute approximate surface area is 211 Å². The minimum absolute atomic E-state index is 0.0927. The van der Waals surface area contributed by atoms with E-state index < -0.39 is 17.9 Å². The van der Waals surface area contributed by atoms with Crippen LogP contribution in [0.3, 0.4) is 0 Å². The van der Waals surface area contributed by atoms with E-state index in [1.165, 1.54) is 35.5 Å². The zero-order valence-electron chi connectivity index (χ0n) is 20.7. The van der Waals surface area contributed by atoms with Crippen LogP contribution in [0.25, 0.3) is 0 Å². The van der Waals surface area contributed by atoms with Crippen molar-refractivity contribution in [3.05, 3.63) is 108 Å². The van der Waals surface area contributed by atoms with Crippen molar-refractivity contribution in [2.75, 3.05) is 11.4 Å². The topological polar surface area (TPSA) is 86.1 Å². The number of nitrogens with zero attached hydrogens (tertiary/aromatic N) is 3. The first-order chi connectivity index (χ1) is 17.1. The van der Waals surface area contributed by atoms with Crippen LogP contribution in [-0.4, -0.2) is 23.3 Å². The van der Waals surface area contributed by atoms with Gasteiger partial charge >= 0.3 is 0 Å². The minimum atomic E-state index is -1.11. The molecule has 0 spiro atoms. The van der Waals surface area contributed by atoms with E-state index in [2.05, 4.69) is 37.7 Å². The van der Waals surface area contributed by atoms with Gasteiger partial charge < -0.3 is 5.32 Å². The van der Waals surface area contributed by atoms with Gasteiger partial charge in [-0.2, -0.15) is 5.26 Å². The molecule has 0 radical (unpaired) electrons. The van der Waals surface area contributed by atoms with E-state index in [1.807, 2.05) is 18.2 Å². The van der Waals surface area contributed by atoms with Crippen molar-refractivity contribution in [2.45, 2.75) is 38.6 Å². The van der Waals surface area contributed by atoms with Gasteiger partial charge in [-0.3, -0.25) is 19.5 Å². The van der Waals surface area contributed by atoms with Crippen LogP contribution in [0.5, 0.6) is 0 Å². The molecular weight excluding hydrogens is 455 g/mol. The van der Waals surface area contributed by atoms with E-state index >= 15 is 0 Å². The summed E-state index contributed by atoms with van der Waals surface area (Å²) >= 11 is 0. The summed E-state index contributed by atoms with van der Waals surface area (Å²) in [7, 11) is 0. The highest BCUT2D eigenvalue weighted by Crippen LogP contribution is 2.31. The molecule has 3 aromatic rings. The van der Waals surface area contributed by atoms with Crippen molar-refractivity contribution in [1.29, 1.82) is 5.26 Å². The Balaban J connectivity index is 1.98. The van der Waals surface area contributed by atoms with Crippen molar-refractivity contribution in [3.63, 3.8) is 0 Å². The number of amides is 2. The lowest BCUT2D eigenvalue weighted by Crippen LogP contribution is -2.44. The second kappa shape index (κ2) is 11.4. The molecule has 0 aliphatic heterocycles. The van der Waals surface area contributed by atoms with E-state index in [0.29, 0.717) is 17.7 Å². The minimum Gasteiger partial charge on any atom is -0.354 e. The van der Waals surface area contributed by atoms with Crippen molar-refractivity contribution in [3.8, 4) is 6.07 Å². The molecule has 0 saturated heterocycles. The van der Waals surface area contributed by atoms with Gasteiger partial charge in [-0.25, -0.2) is 4.39 Å². The molecule has 1 atom stereocenters. The summed E-state index contributed by atoms with van der Waals surface area (Å²) in [5.74, 6) is -1.29. The lowest BCUT2D eigenvalue weighted by Gasteiger charge is -2.31. The third-order valence-electron chi connectivity index (χ3n) is 5.74. The molecule has 0 fully saturated rings. The second-order valence-corrected chi connectivity index (χ2v) is 9.40. The highest BCUT2D eigenvalue weighted by Gasteiger charge is 2.32. The first kappa shape index (κ1) is 26.3. The van der Waals surface area contributed by atoms with Gasteiger partial charge in [-0.1, -0.05) is 51.6 Å². The van der Waals surface area contributed by atoms with Crippen molar-refractivity contribution < 1.29 is 14.0 Å². The van der Waals surface area contributed by atoms with Crippen LogP contribution in [0.2, 0.25) is 0 Å².